The molecule has 1 aliphatic heterocycles. The van der Waals surface area contributed by atoms with E-state index in [4.69, 9.17) is 4.74 Å². The van der Waals surface area contributed by atoms with Crippen LogP contribution in [0.3, 0.4) is 0 Å². The van der Waals surface area contributed by atoms with Gasteiger partial charge >= 0.3 is 11.9 Å². The van der Waals surface area contributed by atoms with Gasteiger partial charge in [-0.3, -0.25) is 28.9 Å². The monoisotopic (exact) mass is 697 g/mol. The van der Waals surface area contributed by atoms with Crippen molar-refractivity contribution in [1.82, 2.24) is 25.4 Å². The first-order valence-electron chi connectivity index (χ1n) is 17.2. The van der Waals surface area contributed by atoms with Gasteiger partial charge < -0.3 is 25.4 Å². The van der Waals surface area contributed by atoms with Crippen LogP contribution in [0.4, 0.5) is 0 Å². The number of rotatable bonds is 16. The maximum atomic E-state index is 13.9. The number of nitrogens with zero attached hydrogens (tertiary/aromatic N) is 3. The first-order valence-corrected chi connectivity index (χ1v) is 18.1. The molecule has 4 unspecified atom stereocenters. The molecule has 0 bridgehead atoms. The SMILES string of the molecule is CC(=O)OC(CC(C(C)C)N(C)C(=O)C1(NC(=O)[C@H]2CCCCN2C)CC1)c1nc(C(=O)NC(Cc2ccccc2)CC(C)C(=O)O)cs1. The Hall–Kier alpha value is -3.84. The number of carbonyl (C=O) groups excluding carboxylic acids is 4. The lowest BCUT2D eigenvalue weighted by Gasteiger charge is -2.37. The molecule has 268 valence electrons. The summed E-state index contributed by atoms with van der Waals surface area (Å²) in [6.07, 6.45) is 4.05. The quantitative estimate of drug-likeness (QED) is 0.219. The lowest BCUT2D eigenvalue weighted by atomic mass is 9.95. The van der Waals surface area contributed by atoms with Crippen molar-refractivity contribution < 1.29 is 33.8 Å². The molecule has 1 aromatic carbocycles. The number of nitrogens with one attached hydrogen (secondary N) is 2. The third-order valence-electron chi connectivity index (χ3n) is 9.70. The van der Waals surface area contributed by atoms with Crippen molar-refractivity contribution >= 4 is 41.0 Å². The zero-order valence-corrected chi connectivity index (χ0v) is 30.3. The van der Waals surface area contributed by atoms with E-state index >= 15 is 0 Å². The summed E-state index contributed by atoms with van der Waals surface area (Å²) in [5.41, 5.74) is 0.164. The fourth-order valence-electron chi connectivity index (χ4n) is 6.65. The molecule has 49 heavy (non-hydrogen) atoms. The van der Waals surface area contributed by atoms with E-state index in [-0.39, 0.29) is 48.4 Å². The number of aliphatic carboxylic acids is 1. The third-order valence-corrected chi connectivity index (χ3v) is 10.6. The normalized spacial score (nSPS) is 19.6. The zero-order valence-electron chi connectivity index (χ0n) is 29.4. The number of carbonyl (C=O) groups is 5. The Morgan fingerprint density at radius 2 is 1.80 bits per heavy atom. The van der Waals surface area contributed by atoms with E-state index < -0.39 is 41.4 Å². The average molecular weight is 698 g/mol. The predicted molar refractivity (Wildman–Crippen MR) is 186 cm³/mol. The number of carboxylic acids is 1. The van der Waals surface area contributed by atoms with Crippen molar-refractivity contribution in [2.24, 2.45) is 11.8 Å². The maximum Gasteiger partial charge on any atom is 0.306 e. The number of carboxylic acid groups (broad SMARTS) is 1. The molecular weight excluding hydrogens is 646 g/mol. The van der Waals surface area contributed by atoms with Crippen LogP contribution >= 0.6 is 11.3 Å². The summed E-state index contributed by atoms with van der Waals surface area (Å²) in [6, 6.07) is 8.47. The number of hydrogen-bond acceptors (Lipinski definition) is 9. The number of hydrogen-bond donors (Lipinski definition) is 3. The van der Waals surface area contributed by atoms with E-state index in [0.717, 1.165) is 31.4 Å². The number of thiazole rings is 1. The van der Waals surface area contributed by atoms with E-state index in [2.05, 4.69) is 15.6 Å². The molecule has 2 aliphatic rings. The van der Waals surface area contributed by atoms with Gasteiger partial charge in [0.2, 0.25) is 11.8 Å². The first kappa shape index (κ1) is 38.0. The van der Waals surface area contributed by atoms with Crippen LogP contribution in [0.1, 0.15) is 99.8 Å². The van der Waals surface area contributed by atoms with E-state index in [1.807, 2.05) is 56.1 Å². The van der Waals surface area contributed by atoms with Crippen LogP contribution in [0.5, 0.6) is 0 Å². The van der Waals surface area contributed by atoms with E-state index in [1.165, 1.54) is 18.3 Å². The highest BCUT2D eigenvalue weighted by atomic mass is 32.1. The summed E-state index contributed by atoms with van der Waals surface area (Å²) in [6.45, 7) is 7.74. The van der Waals surface area contributed by atoms with Gasteiger partial charge in [0.05, 0.1) is 12.0 Å². The maximum absolute atomic E-state index is 13.9. The number of aromatic nitrogens is 1. The highest BCUT2D eigenvalue weighted by Gasteiger charge is 2.54. The summed E-state index contributed by atoms with van der Waals surface area (Å²) >= 11 is 1.19. The van der Waals surface area contributed by atoms with Crippen LogP contribution in [-0.2, 0) is 30.3 Å². The molecule has 3 amide bonds. The molecule has 1 aliphatic carbocycles. The van der Waals surface area contributed by atoms with Gasteiger partial charge in [-0.1, -0.05) is 57.5 Å². The Morgan fingerprint density at radius 3 is 2.39 bits per heavy atom. The fraction of sp³-hybridized carbons (Fsp3) is 0.611. The third kappa shape index (κ3) is 10.1. The number of esters is 1. The van der Waals surface area contributed by atoms with Crippen molar-refractivity contribution in [2.45, 2.75) is 109 Å². The minimum Gasteiger partial charge on any atom is -0.481 e. The summed E-state index contributed by atoms with van der Waals surface area (Å²) in [5.74, 6) is -2.89. The van der Waals surface area contributed by atoms with Crippen LogP contribution in [0, 0.1) is 11.8 Å². The number of likely N-dealkylation sites (tertiary alicyclic amines) is 1. The lowest BCUT2D eigenvalue weighted by molar-refractivity contribution is -0.149. The predicted octanol–water partition coefficient (Wildman–Crippen LogP) is 4.21. The van der Waals surface area contributed by atoms with Gasteiger partial charge in [0.15, 0.2) is 6.10 Å². The zero-order chi connectivity index (χ0) is 35.9. The lowest BCUT2D eigenvalue weighted by Crippen LogP contribution is -2.57. The Balaban J connectivity index is 1.47. The number of ether oxygens (including phenoxy) is 1. The molecule has 1 aromatic heterocycles. The molecule has 2 heterocycles. The van der Waals surface area contributed by atoms with Crippen LogP contribution < -0.4 is 10.6 Å². The number of piperidine rings is 1. The Kier molecular flexibility index (Phi) is 12.9. The van der Waals surface area contributed by atoms with Gasteiger partial charge in [-0.15, -0.1) is 11.3 Å². The summed E-state index contributed by atoms with van der Waals surface area (Å²) < 4.78 is 5.73. The molecule has 1 saturated carbocycles. The molecule has 2 aromatic rings. The molecule has 4 rings (SSSR count). The number of amides is 3. The number of benzene rings is 1. The van der Waals surface area contributed by atoms with Crippen LogP contribution in [-0.4, -0.2) is 93.9 Å². The van der Waals surface area contributed by atoms with E-state index in [9.17, 15) is 29.1 Å². The second-order valence-corrected chi connectivity index (χ2v) is 14.9. The number of likely N-dealkylation sites (N-methyl/N-ethyl adjacent to an activating group) is 2. The highest BCUT2D eigenvalue weighted by molar-refractivity contribution is 7.09. The van der Waals surface area contributed by atoms with Gasteiger partial charge in [0, 0.05) is 37.9 Å². The first-order chi connectivity index (χ1) is 23.2. The summed E-state index contributed by atoms with van der Waals surface area (Å²) in [7, 11) is 3.67. The fourth-order valence-corrected chi connectivity index (χ4v) is 7.49. The summed E-state index contributed by atoms with van der Waals surface area (Å²) in [4.78, 5) is 72.7. The second kappa shape index (κ2) is 16.7. The molecule has 12 nitrogen and oxygen atoms in total. The van der Waals surface area contributed by atoms with Gasteiger partial charge in [0.25, 0.3) is 5.91 Å². The van der Waals surface area contributed by atoms with Gasteiger partial charge in [-0.25, -0.2) is 4.98 Å². The minimum atomic E-state index is -0.942. The van der Waals surface area contributed by atoms with Crippen LogP contribution in [0.25, 0.3) is 0 Å². The molecular formula is C36H51N5O7S. The standard InChI is InChI=1S/C36H51N5O7S/c1-22(2)29(41(6)35(47)36(15-16-36)39-32(44)28-14-10-11-17-40(28)5)20-30(48-24(4)42)33-38-27(21-49-33)31(43)37-26(18-23(3)34(45)46)19-25-12-8-7-9-13-25/h7-9,12-13,21-23,26,28-30H,10-11,14-20H2,1-6H3,(H,37,43)(H,39,44)(H,45,46)/t23?,26?,28-,29?,30?/m1/s1. The van der Waals surface area contributed by atoms with Crippen molar-refractivity contribution in [3.8, 4) is 0 Å². The van der Waals surface area contributed by atoms with Gasteiger partial charge in [-0.05, 0) is 63.6 Å². The van der Waals surface area contributed by atoms with Crippen LogP contribution in [0.15, 0.2) is 35.7 Å². The molecule has 13 heteroatoms. The average Bonchev–Trinajstić information content (AvgIpc) is 3.65. The Labute approximate surface area is 293 Å². The van der Waals surface area contributed by atoms with Crippen molar-refractivity contribution in [3.05, 3.63) is 52.0 Å². The molecule has 0 spiro atoms. The molecule has 5 atom stereocenters. The Morgan fingerprint density at radius 1 is 1.10 bits per heavy atom. The van der Waals surface area contributed by atoms with E-state index in [0.29, 0.717) is 24.3 Å². The Bertz CT molecular complexity index is 1480. The smallest absolute Gasteiger partial charge is 0.306 e. The highest BCUT2D eigenvalue weighted by Crippen LogP contribution is 2.39. The second-order valence-electron chi connectivity index (χ2n) is 14.0. The van der Waals surface area contributed by atoms with E-state index in [1.54, 1.807) is 24.3 Å². The molecule has 2 fully saturated rings. The van der Waals surface area contributed by atoms with Crippen molar-refractivity contribution in [2.75, 3.05) is 20.6 Å². The topological polar surface area (TPSA) is 158 Å². The van der Waals surface area contributed by atoms with Crippen molar-refractivity contribution in [3.63, 3.8) is 0 Å². The largest absolute Gasteiger partial charge is 0.481 e. The van der Waals surface area contributed by atoms with Gasteiger partial charge in [0.1, 0.15) is 16.2 Å². The molecule has 1 saturated heterocycles. The van der Waals surface area contributed by atoms with Crippen LogP contribution in [0.2, 0.25) is 0 Å². The van der Waals surface area contributed by atoms with Crippen molar-refractivity contribution in [1.29, 1.82) is 0 Å². The minimum absolute atomic E-state index is 0.0271. The molecule has 3 N–H and O–H groups in total. The van der Waals surface area contributed by atoms with Gasteiger partial charge in [-0.2, -0.15) is 0 Å². The summed E-state index contributed by atoms with van der Waals surface area (Å²) in [5, 5.41) is 17.6. The molecule has 0 radical (unpaired) electrons.